The number of rotatable bonds is 5. The van der Waals surface area contributed by atoms with Gasteiger partial charge < -0.3 is 10.6 Å². The molecule has 5 nitrogen and oxygen atoms in total. The molecule has 0 bridgehead atoms. The van der Waals surface area contributed by atoms with Gasteiger partial charge in [-0.25, -0.2) is 14.4 Å². The summed E-state index contributed by atoms with van der Waals surface area (Å²) in [6.07, 6.45) is 1.48. The molecule has 0 aliphatic heterocycles. The van der Waals surface area contributed by atoms with Gasteiger partial charge >= 0.3 is 0 Å². The molecule has 1 amide bonds. The van der Waals surface area contributed by atoms with Gasteiger partial charge in [0.05, 0.1) is 10.3 Å². The first-order valence-corrected chi connectivity index (χ1v) is 8.43. The molecule has 1 aromatic carbocycles. The molecule has 3 rings (SSSR count). The van der Waals surface area contributed by atoms with E-state index in [1.807, 2.05) is 13.8 Å². The highest BCUT2D eigenvalue weighted by Gasteiger charge is 2.19. The molecule has 3 aromatic rings. The maximum Gasteiger partial charge on any atom is 0.261 e. The Kier molecular flexibility index (Phi) is 4.71. The Morgan fingerprint density at radius 2 is 2.08 bits per heavy atom. The predicted molar refractivity (Wildman–Crippen MR) is 93.9 cm³/mol. The van der Waals surface area contributed by atoms with Crippen LogP contribution in [0.1, 0.15) is 27.7 Å². The number of fused-ring (bicyclic) bond motifs is 1. The summed E-state index contributed by atoms with van der Waals surface area (Å²) >= 11 is 1.31. The number of halogens is 1. The minimum absolute atomic E-state index is 0.144. The number of amides is 1. The van der Waals surface area contributed by atoms with Crippen LogP contribution in [0, 0.1) is 12.7 Å². The Bertz CT molecular complexity index is 893. The highest BCUT2D eigenvalue weighted by Crippen LogP contribution is 2.33. The topological polar surface area (TPSA) is 66.9 Å². The zero-order chi connectivity index (χ0) is 17.1. The van der Waals surface area contributed by atoms with Crippen LogP contribution in [-0.2, 0) is 6.54 Å². The summed E-state index contributed by atoms with van der Waals surface area (Å²) in [6, 6.07) is 6.40. The molecular weight excluding hydrogens is 327 g/mol. The predicted octanol–water partition coefficient (Wildman–Crippen LogP) is 3.50. The van der Waals surface area contributed by atoms with E-state index in [1.54, 1.807) is 18.2 Å². The maximum atomic E-state index is 13.7. The largest absolute Gasteiger partial charge is 0.370 e. The fourth-order valence-electron chi connectivity index (χ4n) is 2.49. The first-order chi connectivity index (χ1) is 11.6. The summed E-state index contributed by atoms with van der Waals surface area (Å²) in [5, 5.41) is 6.82. The standard InChI is InChI=1S/C17H17FN4OS/c1-3-19-15-13-10(2)14(24-17(13)22-9-21-15)16(23)20-8-11-6-4-5-7-12(11)18/h4-7,9H,3,8H2,1-2H3,(H,20,23)(H,19,21,22). The third-order valence-corrected chi connectivity index (χ3v) is 4.87. The number of hydrogen-bond donors (Lipinski definition) is 2. The van der Waals surface area contributed by atoms with Gasteiger partial charge in [0.25, 0.3) is 5.91 Å². The normalized spacial score (nSPS) is 10.8. The average Bonchev–Trinajstić information content (AvgIpc) is 2.92. The third kappa shape index (κ3) is 3.07. The van der Waals surface area contributed by atoms with Crippen LogP contribution in [0.15, 0.2) is 30.6 Å². The van der Waals surface area contributed by atoms with E-state index < -0.39 is 0 Å². The molecule has 0 saturated heterocycles. The molecule has 0 atom stereocenters. The number of nitrogens with zero attached hydrogens (tertiary/aromatic N) is 2. The van der Waals surface area contributed by atoms with Gasteiger partial charge in [0.15, 0.2) is 0 Å². The highest BCUT2D eigenvalue weighted by molar-refractivity contribution is 7.20. The summed E-state index contributed by atoms with van der Waals surface area (Å²) in [5.41, 5.74) is 1.29. The Hall–Kier alpha value is -2.54. The zero-order valence-corrected chi connectivity index (χ0v) is 14.2. The summed E-state index contributed by atoms with van der Waals surface area (Å²) in [7, 11) is 0. The van der Waals surface area contributed by atoms with Gasteiger partial charge in [-0.3, -0.25) is 4.79 Å². The Morgan fingerprint density at radius 3 is 2.83 bits per heavy atom. The number of hydrogen-bond acceptors (Lipinski definition) is 5. The minimum Gasteiger partial charge on any atom is -0.370 e. The molecule has 2 aromatic heterocycles. The molecule has 0 aliphatic carbocycles. The van der Waals surface area contributed by atoms with Crippen LogP contribution in [0.5, 0.6) is 0 Å². The van der Waals surface area contributed by atoms with E-state index >= 15 is 0 Å². The second-order valence-corrected chi connectivity index (χ2v) is 6.26. The van der Waals surface area contributed by atoms with Gasteiger partial charge in [-0.2, -0.15) is 0 Å². The van der Waals surface area contributed by atoms with Crippen molar-refractivity contribution in [3.8, 4) is 0 Å². The minimum atomic E-state index is -0.328. The van der Waals surface area contributed by atoms with Crippen LogP contribution in [0.2, 0.25) is 0 Å². The monoisotopic (exact) mass is 344 g/mol. The molecular formula is C17H17FN4OS. The summed E-state index contributed by atoms with van der Waals surface area (Å²) < 4.78 is 13.7. The smallest absolute Gasteiger partial charge is 0.261 e. The molecule has 2 heterocycles. The van der Waals surface area contributed by atoms with E-state index in [1.165, 1.54) is 23.7 Å². The molecule has 0 spiro atoms. The fourth-order valence-corrected chi connectivity index (χ4v) is 3.55. The molecule has 124 valence electrons. The van der Waals surface area contributed by atoms with Crippen molar-refractivity contribution in [1.29, 1.82) is 0 Å². The van der Waals surface area contributed by atoms with E-state index in [9.17, 15) is 9.18 Å². The number of carbonyl (C=O) groups excluding carboxylic acids is 1. The third-order valence-electron chi connectivity index (χ3n) is 3.67. The van der Waals surface area contributed by atoms with Crippen molar-refractivity contribution in [3.05, 3.63) is 52.4 Å². The van der Waals surface area contributed by atoms with Gasteiger partial charge in [-0.15, -0.1) is 11.3 Å². The van der Waals surface area contributed by atoms with Crippen molar-refractivity contribution < 1.29 is 9.18 Å². The lowest BCUT2D eigenvalue weighted by Crippen LogP contribution is -2.23. The number of aryl methyl sites for hydroxylation is 1. The van der Waals surface area contributed by atoms with Crippen molar-refractivity contribution in [3.63, 3.8) is 0 Å². The van der Waals surface area contributed by atoms with Gasteiger partial charge in [-0.1, -0.05) is 18.2 Å². The van der Waals surface area contributed by atoms with Crippen molar-refractivity contribution in [2.24, 2.45) is 0 Å². The quantitative estimate of drug-likeness (QED) is 0.743. The molecule has 0 unspecified atom stereocenters. The van der Waals surface area contributed by atoms with E-state index in [4.69, 9.17) is 0 Å². The first-order valence-electron chi connectivity index (χ1n) is 7.61. The number of carbonyl (C=O) groups is 1. The summed E-state index contributed by atoms with van der Waals surface area (Å²) in [6.45, 7) is 4.74. The maximum absolute atomic E-state index is 13.7. The van der Waals surface area contributed by atoms with Crippen molar-refractivity contribution in [2.45, 2.75) is 20.4 Å². The molecule has 0 saturated carbocycles. The lowest BCUT2D eigenvalue weighted by molar-refractivity contribution is 0.0954. The number of benzene rings is 1. The van der Waals surface area contributed by atoms with Crippen LogP contribution >= 0.6 is 11.3 Å². The molecule has 7 heteroatoms. The average molecular weight is 344 g/mol. The number of thiophene rings is 1. The molecule has 24 heavy (non-hydrogen) atoms. The molecule has 0 aliphatic rings. The second-order valence-electron chi connectivity index (χ2n) is 5.26. The molecule has 0 radical (unpaired) electrons. The van der Waals surface area contributed by atoms with Crippen LogP contribution in [0.4, 0.5) is 10.2 Å². The van der Waals surface area contributed by atoms with Crippen LogP contribution in [-0.4, -0.2) is 22.4 Å². The van der Waals surface area contributed by atoms with E-state index in [0.29, 0.717) is 10.4 Å². The van der Waals surface area contributed by atoms with Gasteiger partial charge in [0, 0.05) is 18.7 Å². The Morgan fingerprint density at radius 1 is 1.29 bits per heavy atom. The van der Waals surface area contributed by atoms with Crippen molar-refractivity contribution in [1.82, 2.24) is 15.3 Å². The van der Waals surface area contributed by atoms with Crippen LogP contribution in [0.25, 0.3) is 10.2 Å². The molecule has 2 N–H and O–H groups in total. The van der Waals surface area contributed by atoms with Gasteiger partial charge in [-0.05, 0) is 25.5 Å². The number of anilines is 1. The second kappa shape index (κ2) is 6.92. The van der Waals surface area contributed by atoms with E-state index in [2.05, 4.69) is 20.6 Å². The number of nitrogens with one attached hydrogen (secondary N) is 2. The Balaban J connectivity index is 1.86. The SMILES string of the molecule is CCNc1ncnc2sc(C(=O)NCc3ccccc3F)c(C)c12. The van der Waals surface area contributed by atoms with Crippen molar-refractivity contribution in [2.75, 3.05) is 11.9 Å². The van der Waals surface area contributed by atoms with E-state index in [-0.39, 0.29) is 18.3 Å². The molecule has 0 fully saturated rings. The Labute approximate surface area is 143 Å². The zero-order valence-electron chi connectivity index (χ0n) is 13.4. The fraction of sp³-hybridized carbons (Fsp3) is 0.235. The summed E-state index contributed by atoms with van der Waals surface area (Å²) in [5.74, 6) is 0.164. The van der Waals surface area contributed by atoms with E-state index in [0.717, 1.165) is 28.1 Å². The van der Waals surface area contributed by atoms with Crippen LogP contribution < -0.4 is 10.6 Å². The van der Waals surface area contributed by atoms with Crippen molar-refractivity contribution >= 4 is 33.3 Å². The van der Waals surface area contributed by atoms with Gasteiger partial charge in [0.2, 0.25) is 0 Å². The lowest BCUT2D eigenvalue weighted by atomic mass is 10.2. The highest BCUT2D eigenvalue weighted by atomic mass is 32.1. The van der Waals surface area contributed by atoms with Gasteiger partial charge in [0.1, 0.15) is 22.8 Å². The lowest BCUT2D eigenvalue weighted by Gasteiger charge is -2.06. The summed E-state index contributed by atoms with van der Waals surface area (Å²) in [4.78, 5) is 22.3. The van der Waals surface area contributed by atoms with Crippen LogP contribution in [0.3, 0.4) is 0 Å². The first kappa shape index (κ1) is 16.3. The number of aromatic nitrogens is 2.